The van der Waals surface area contributed by atoms with Gasteiger partial charge in [-0.1, -0.05) is 18.5 Å². The topological polar surface area (TPSA) is 58.6 Å². The quantitative estimate of drug-likeness (QED) is 0.836. The first-order chi connectivity index (χ1) is 10.4. The van der Waals surface area contributed by atoms with E-state index >= 15 is 0 Å². The molecular weight excluding hydrogens is 304 g/mol. The van der Waals surface area contributed by atoms with Gasteiger partial charge in [0.1, 0.15) is 5.75 Å². The number of amides is 2. The Morgan fingerprint density at radius 2 is 2.09 bits per heavy atom. The zero-order valence-corrected chi connectivity index (χ0v) is 14.2. The second kappa shape index (κ2) is 8.63. The SMILES string of the molecule is CCC(C)N(CCC(=O)Nc1cc(Cl)ccc1OC)C(C)=O. The number of hydrogen-bond donors (Lipinski definition) is 1. The van der Waals surface area contributed by atoms with E-state index in [2.05, 4.69) is 5.32 Å². The molecule has 6 heteroatoms. The van der Waals surface area contributed by atoms with E-state index in [4.69, 9.17) is 16.3 Å². The van der Waals surface area contributed by atoms with Crippen LogP contribution in [0.4, 0.5) is 5.69 Å². The summed E-state index contributed by atoms with van der Waals surface area (Å²) in [6.07, 6.45) is 1.07. The molecule has 0 bridgehead atoms. The monoisotopic (exact) mass is 326 g/mol. The van der Waals surface area contributed by atoms with Crippen molar-refractivity contribution >= 4 is 29.1 Å². The molecule has 0 saturated carbocycles. The van der Waals surface area contributed by atoms with Crippen LogP contribution in [-0.4, -0.2) is 36.4 Å². The first-order valence-electron chi connectivity index (χ1n) is 7.29. The van der Waals surface area contributed by atoms with Gasteiger partial charge in [0.25, 0.3) is 0 Å². The molecule has 0 fully saturated rings. The van der Waals surface area contributed by atoms with Crippen molar-refractivity contribution in [3.05, 3.63) is 23.2 Å². The molecule has 5 nitrogen and oxygen atoms in total. The van der Waals surface area contributed by atoms with Gasteiger partial charge in [-0.2, -0.15) is 0 Å². The molecule has 1 atom stereocenters. The first kappa shape index (κ1) is 18.3. The summed E-state index contributed by atoms with van der Waals surface area (Å²) >= 11 is 5.93. The number of halogens is 1. The lowest BCUT2D eigenvalue weighted by molar-refractivity contribution is -0.131. The van der Waals surface area contributed by atoms with Gasteiger partial charge < -0.3 is 15.0 Å². The molecule has 1 unspecified atom stereocenters. The molecule has 0 spiro atoms. The summed E-state index contributed by atoms with van der Waals surface area (Å²) in [5.74, 6) is 0.334. The van der Waals surface area contributed by atoms with Crippen LogP contribution in [-0.2, 0) is 9.59 Å². The minimum Gasteiger partial charge on any atom is -0.495 e. The van der Waals surface area contributed by atoms with Crippen molar-refractivity contribution in [3.63, 3.8) is 0 Å². The van der Waals surface area contributed by atoms with Gasteiger partial charge in [0.2, 0.25) is 11.8 Å². The Morgan fingerprint density at radius 3 is 2.64 bits per heavy atom. The summed E-state index contributed by atoms with van der Waals surface area (Å²) in [5, 5.41) is 3.28. The molecule has 1 rings (SSSR count). The third-order valence-corrected chi connectivity index (χ3v) is 3.78. The summed E-state index contributed by atoms with van der Waals surface area (Å²) in [6, 6.07) is 5.14. The molecule has 1 N–H and O–H groups in total. The number of rotatable bonds is 7. The van der Waals surface area contributed by atoms with Gasteiger partial charge in [-0.3, -0.25) is 9.59 Å². The second-order valence-electron chi connectivity index (χ2n) is 5.11. The van der Waals surface area contributed by atoms with E-state index in [0.29, 0.717) is 23.0 Å². The van der Waals surface area contributed by atoms with Crippen LogP contribution in [0.2, 0.25) is 5.02 Å². The van der Waals surface area contributed by atoms with E-state index in [0.717, 1.165) is 6.42 Å². The molecule has 0 aromatic heterocycles. The largest absolute Gasteiger partial charge is 0.495 e. The van der Waals surface area contributed by atoms with Crippen molar-refractivity contribution in [1.82, 2.24) is 4.90 Å². The number of carbonyl (C=O) groups excluding carboxylic acids is 2. The number of methoxy groups -OCH3 is 1. The van der Waals surface area contributed by atoms with Gasteiger partial charge in [0, 0.05) is 31.0 Å². The van der Waals surface area contributed by atoms with E-state index in [1.54, 1.807) is 23.1 Å². The van der Waals surface area contributed by atoms with Crippen molar-refractivity contribution in [3.8, 4) is 5.75 Å². The fraction of sp³-hybridized carbons (Fsp3) is 0.500. The number of carbonyl (C=O) groups is 2. The smallest absolute Gasteiger partial charge is 0.226 e. The van der Waals surface area contributed by atoms with Crippen molar-refractivity contribution in [2.75, 3.05) is 19.0 Å². The number of anilines is 1. The molecule has 22 heavy (non-hydrogen) atoms. The molecule has 1 aromatic rings. The Bertz CT molecular complexity index is 534. The highest BCUT2D eigenvalue weighted by Crippen LogP contribution is 2.27. The number of hydrogen-bond acceptors (Lipinski definition) is 3. The molecule has 122 valence electrons. The molecule has 0 radical (unpaired) electrons. The maximum absolute atomic E-state index is 12.1. The lowest BCUT2D eigenvalue weighted by Gasteiger charge is -2.27. The molecular formula is C16H23ClN2O3. The zero-order valence-electron chi connectivity index (χ0n) is 13.5. The number of nitrogens with one attached hydrogen (secondary N) is 1. The van der Waals surface area contributed by atoms with Gasteiger partial charge in [-0.15, -0.1) is 0 Å². The molecule has 0 aliphatic rings. The van der Waals surface area contributed by atoms with Gasteiger partial charge in [0.05, 0.1) is 12.8 Å². The molecule has 1 aromatic carbocycles. The maximum atomic E-state index is 12.1. The van der Waals surface area contributed by atoms with Crippen LogP contribution in [0.1, 0.15) is 33.6 Å². The normalized spacial score (nSPS) is 11.7. The van der Waals surface area contributed by atoms with Gasteiger partial charge in [0.15, 0.2) is 0 Å². The van der Waals surface area contributed by atoms with E-state index in [9.17, 15) is 9.59 Å². The highest BCUT2D eigenvalue weighted by atomic mass is 35.5. The summed E-state index contributed by atoms with van der Waals surface area (Å²) in [6.45, 7) is 5.89. The maximum Gasteiger partial charge on any atom is 0.226 e. The van der Waals surface area contributed by atoms with Crippen LogP contribution in [0.5, 0.6) is 5.75 Å². The third-order valence-electron chi connectivity index (χ3n) is 3.54. The Labute approximate surface area is 136 Å². The van der Waals surface area contributed by atoms with Crippen molar-refractivity contribution in [2.24, 2.45) is 0 Å². The van der Waals surface area contributed by atoms with Crippen LogP contribution in [0.3, 0.4) is 0 Å². The second-order valence-corrected chi connectivity index (χ2v) is 5.55. The molecule has 0 aliphatic heterocycles. The summed E-state index contributed by atoms with van der Waals surface area (Å²) < 4.78 is 5.18. The lowest BCUT2D eigenvalue weighted by atomic mass is 10.2. The van der Waals surface area contributed by atoms with E-state index in [1.807, 2.05) is 13.8 Å². The summed E-state index contributed by atoms with van der Waals surface area (Å²) in [7, 11) is 1.53. The van der Waals surface area contributed by atoms with Crippen molar-refractivity contribution in [2.45, 2.75) is 39.7 Å². The highest BCUT2D eigenvalue weighted by molar-refractivity contribution is 6.31. The van der Waals surface area contributed by atoms with Crippen LogP contribution >= 0.6 is 11.6 Å². The highest BCUT2D eigenvalue weighted by Gasteiger charge is 2.17. The van der Waals surface area contributed by atoms with Crippen LogP contribution in [0, 0.1) is 0 Å². The average molecular weight is 327 g/mol. The fourth-order valence-corrected chi connectivity index (χ4v) is 2.29. The van der Waals surface area contributed by atoms with E-state index < -0.39 is 0 Å². The van der Waals surface area contributed by atoms with Crippen molar-refractivity contribution in [1.29, 1.82) is 0 Å². The number of benzene rings is 1. The van der Waals surface area contributed by atoms with Crippen LogP contribution in [0.15, 0.2) is 18.2 Å². The average Bonchev–Trinajstić information content (AvgIpc) is 2.47. The van der Waals surface area contributed by atoms with E-state index in [1.165, 1.54) is 14.0 Å². The Kier molecular flexibility index (Phi) is 7.18. The van der Waals surface area contributed by atoms with Gasteiger partial charge in [-0.05, 0) is 31.5 Å². The van der Waals surface area contributed by atoms with E-state index in [-0.39, 0.29) is 24.3 Å². The first-order valence-corrected chi connectivity index (χ1v) is 7.67. The van der Waals surface area contributed by atoms with Crippen LogP contribution < -0.4 is 10.1 Å². The zero-order chi connectivity index (χ0) is 16.7. The Hall–Kier alpha value is -1.75. The molecule has 0 aliphatic carbocycles. The van der Waals surface area contributed by atoms with Gasteiger partial charge in [-0.25, -0.2) is 0 Å². The minimum atomic E-state index is -0.185. The molecule has 0 heterocycles. The lowest BCUT2D eigenvalue weighted by Crippen LogP contribution is -2.38. The predicted molar refractivity (Wildman–Crippen MR) is 88.4 cm³/mol. The minimum absolute atomic E-state index is 0.0255. The standard InChI is InChI=1S/C16H23ClN2O3/c1-5-11(2)19(12(3)20)9-8-16(21)18-14-10-13(17)6-7-15(14)22-4/h6-7,10-11H,5,8-9H2,1-4H3,(H,18,21). The molecule has 0 saturated heterocycles. The fourth-order valence-electron chi connectivity index (χ4n) is 2.12. The summed E-state index contributed by atoms with van der Waals surface area (Å²) in [5.41, 5.74) is 0.526. The third kappa shape index (κ3) is 5.22. The van der Waals surface area contributed by atoms with Crippen LogP contribution in [0.25, 0.3) is 0 Å². The Balaban J connectivity index is 2.66. The van der Waals surface area contributed by atoms with Gasteiger partial charge >= 0.3 is 0 Å². The van der Waals surface area contributed by atoms with Crippen molar-refractivity contribution < 1.29 is 14.3 Å². The molecule has 2 amide bonds. The number of ether oxygens (including phenoxy) is 1. The predicted octanol–water partition coefficient (Wildman–Crippen LogP) is 3.32. The summed E-state index contributed by atoms with van der Waals surface area (Å²) in [4.78, 5) is 25.4. The Morgan fingerprint density at radius 1 is 1.41 bits per heavy atom. The number of nitrogens with zero attached hydrogens (tertiary/aromatic N) is 1.